The van der Waals surface area contributed by atoms with Crippen LogP contribution in [0.4, 0.5) is 0 Å². The van der Waals surface area contributed by atoms with Crippen molar-refractivity contribution in [1.29, 1.82) is 0 Å². The number of carbonyl (C=O) groups is 1. The van der Waals surface area contributed by atoms with Gasteiger partial charge >= 0.3 is 0 Å². The molecular weight excluding hydrogens is 414 g/mol. The average Bonchev–Trinajstić information content (AvgIpc) is 3.35. The number of nitrogens with one attached hydrogen (secondary N) is 1. The number of amides is 1. The van der Waals surface area contributed by atoms with Crippen molar-refractivity contribution in [2.45, 2.75) is 46.7 Å². The summed E-state index contributed by atoms with van der Waals surface area (Å²) < 4.78 is 6.82. The predicted molar refractivity (Wildman–Crippen MR) is 120 cm³/mol. The van der Waals surface area contributed by atoms with E-state index in [0.29, 0.717) is 32.4 Å². The molecule has 0 spiro atoms. The lowest BCUT2D eigenvalue weighted by Crippen LogP contribution is -2.37. The van der Waals surface area contributed by atoms with Gasteiger partial charge in [0.15, 0.2) is 0 Å². The van der Waals surface area contributed by atoms with Gasteiger partial charge in [-0.05, 0) is 38.8 Å². The molecule has 4 aromatic rings. The van der Waals surface area contributed by atoms with E-state index in [-0.39, 0.29) is 24.1 Å². The fourth-order valence-corrected chi connectivity index (χ4v) is 4.33. The summed E-state index contributed by atoms with van der Waals surface area (Å²) in [6.07, 6.45) is 2.23. The van der Waals surface area contributed by atoms with Crippen molar-refractivity contribution in [1.82, 2.24) is 25.0 Å². The third-order valence-corrected chi connectivity index (χ3v) is 6.34. The highest BCUT2D eigenvalue weighted by Gasteiger charge is 2.21. The maximum Gasteiger partial charge on any atom is 0.268 e. The molecule has 0 fully saturated rings. The molecule has 0 aliphatic rings. The van der Waals surface area contributed by atoms with Crippen LogP contribution in [0.3, 0.4) is 0 Å². The molecule has 0 saturated carbocycles. The van der Waals surface area contributed by atoms with E-state index < -0.39 is 0 Å². The van der Waals surface area contributed by atoms with Crippen LogP contribution in [0.1, 0.15) is 31.4 Å². The number of fused-ring (bicyclic) bond motifs is 1. The normalized spacial score (nSPS) is 12.3. The monoisotopic (exact) mass is 437 g/mol. The molecule has 0 saturated heterocycles. The Labute approximate surface area is 182 Å². The van der Waals surface area contributed by atoms with E-state index >= 15 is 0 Å². The molecule has 0 radical (unpaired) electrons. The summed E-state index contributed by atoms with van der Waals surface area (Å²) in [7, 11) is 0. The lowest BCUT2D eigenvalue weighted by molar-refractivity contribution is -0.122. The van der Waals surface area contributed by atoms with E-state index in [1.807, 2.05) is 52.0 Å². The van der Waals surface area contributed by atoms with E-state index in [2.05, 4.69) is 20.4 Å². The third-order valence-electron chi connectivity index (χ3n) is 5.15. The molecule has 9 heteroatoms. The van der Waals surface area contributed by atoms with Crippen LogP contribution >= 0.6 is 11.3 Å². The largest absolute Gasteiger partial charge is 0.352 e. The van der Waals surface area contributed by atoms with Gasteiger partial charge in [0, 0.05) is 11.6 Å². The van der Waals surface area contributed by atoms with Gasteiger partial charge in [0.1, 0.15) is 11.4 Å². The van der Waals surface area contributed by atoms with E-state index in [0.717, 1.165) is 17.5 Å². The second-order valence-corrected chi connectivity index (χ2v) is 8.58. The summed E-state index contributed by atoms with van der Waals surface area (Å²) >= 11 is 1.32. The lowest BCUT2D eigenvalue weighted by atomic mass is 10.1. The van der Waals surface area contributed by atoms with Gasteiger partial charge in [0.2, 0.25) is 11.7 Å². The lowest BCUT2D eigenvalue weighted by Gasteiger charge is -2.12. The second kappa shape index (κ2) is 8.43. The van der Waals surface area contributed by atoms with Gasteiger partial charge in [-0.1, -0.05) is 35.8 Å². The summed E-state index contributed by atoms with van der Waals surface area (Å²) in [5.41, 5.74) is 2.42. The molecule has 1 unspecified atom stereocenters. The molecule has 0 aliphatic carbocycles. The summed E-state index contributed by atoms with van der Waals surface area (Å²) in [6, 6.07) is 7.89. The second-order valence-electron chi connectivity index (χ2n) is 7.58. The Morgan fingerprint density at radius 1 is 1.32 bits per heavy atom. The first-order valence-corrected chi connectivity index (χ1v) is 10.9. The third kappa shape index (κ3) is 4.13. The Hall–Kier alpha value is -3.33. The van der Waals surface area contributed by atoms with Crippen LogP contribution in [0.5, 0.6) is 0 Å². The first kappa shape index (κ1) is 20.9. The molecule has 0 aliphatic heterocycles. The number of hydrogen-bond acceptors (Lipinski definition) is 7. The van der Waals surface area contributed by atoms with Crippen molar-refractivity contribution >= 4 is 27.5 Å². The van der Waals surface area contributed by atoms with E-state index in [1.165, 1.54) is 22.2 Å². The molecule has 3 heterocycles. The smallest absolute Gasteiger partial charge is 0.268 e. The molecule has 160 valence electrons. The molecule has 3 aromatic heterocycles. The molecule has 8 nitrogen and oxygen atoms in total. The van der Waals surface area contributed by atoms with E-state index in [4.69, 9.17) is 4.52 Å². The van der Waals surface area contributed by atoms with Crippen molar-refractivity contribution < 1.29 is 9.32 Å². The summed E-state index contributed by atoms with van der Waals surface area (Å²) in [6.45, 7) is 7.67. The molecule has 1 amide bonds. The number of aryl methyl sites for hydroxylation is 2. The van der Waals surface area contributed by atoms with Crippen LogP contribution in [0.25, 0.3) is 32.4 Å². The maximum atomic E-state index is 13.0. The zero-order chi connectivity index (χ0) is 22.1. The molecule has 4 rings (SSSR count). The molecule has 31 heavy (non-hydrogen) atoms. The van der Waals surface area contributed by atoms with Gasteiger partial charge in [0.25, 0.3) is 11.4 Å². The fraction of sp³-hybridized carbons (Fsp3) is 0.318. The molecule has 0 bridgehead atoms. The van der Waals surface area contributed by atoms with Gasteiger partial charge in [-0.25, -0.2) is 4.98 Å². The van der Waals surface area contributed by atoms with Crippen molar-refractivity contribution in [2.75, 3.05) is 0 Å². The number of thiophene rings is 1. The number of benzene rings is 1. The summed E-state index contributed by atoms with van der Waals surface area (Å²) in [5, 5.41) is 7.42. The minimum atomic E-state index is -0.261. The first-order valence-electron chi connectivity index (χ1n) is 10.1. The number of rotatable bonds is 6. The SMILES string of the molecule is CCC(C)NC(=O)Cn1cnc2sc(-c3nc(-c4cccc(C)c4)no3)c(C)c2c1=O. The Morgan fingerprint density at radius 2 is 2.13 bits per heavy atom. The van der Waals surface area contributed by atoms with Gasteiger partial charge < -0.3 is 9.84 Å². The molecule has 1 atom stereocenters. The van der Waals surface area contributed by atoms with Gasteiger partial charge in [0.05, 0.1) is 16.6 Å². The molecule has 1 aromatic carbocycles. The Bertz CT molecular complexity index is 1320. The predicted octanol–water partition coefficient (Wildman–Crippen LogP) is 3.71. The number of aromatic nitrogens is 4. The van der Waals surface area contributed by atoms with Crippen molar-refractivity contribution in [3.63, 3.8) is 0 Å². The Morgan fingerprint density at radius 3 is 2.87 bits per heavy atom. The van der Waals surface area contributed by atoms with E-state index in [9.17, 15) is 9.59 Å². The van der Waals surface area contributed by atoms with Gasteiger partial charge in [-0.2, -0.15) is 4.98 Å². The van der Waals surface area contributed by atoms with Crippen LogP contribution in [-0.2, 0) is 11.3 Å². The summed E-state index contributed by atoms with van der Waals surface area (Å²) in [4.78, 5) is 35.4. The molecule has 1 N–H and O–H groups in total. The highest BCUT2D eigenvalue weighted by atomic mass is 32.1. The van der Waals surface area contributed by atoms with Crippen LogP contribution in [0.15, 0.2) is 39.9 Å². The van der Waals surface area contributed by atoms with Gasteiger partial charge in [-0.3, -0.25) is 14.2 Å². The highest BCUT2D eigenvalue weighted by molar-refractivity contribution is 7.22. The Balaban J connectivity index is 1.68. The van der Waals surface area contributed by atoms with Crippen LogP contribution in [0, 0.1) is 13.8 Å². The topological polar surface area (TPSA) is 103 Å². The first-order chi connectivity index (χ1) is 14.9. The minimum Gasteiger partial charge on any atom is -0.352 e. The quantitative estimate of drug-likeness (QED) is 0.493. The van der Waals surface area contributed by atoms with Crippen molar-refractivity contribution in [3.8, 4) is 22.2 Å². The van der Waals surface area contributed by atoms with Crippen molar-refractivity contribution in [2.24, 2.45) is 0 Å². The zero-order valence-corrected chi connectivity index (χ0v) is 18.6. The highest BCUT2D eigenvalue weighted by Crippen LogP contribution is 2.35. The summed E-state index contributed by atoms with van der Waals surface area (Å²) in [5.74, 6) is 0.616. The number of hydrogen-bond donors (Lipinski definition) is 1. The van der Waals surface area contributed by atoms with Crippen LogP contribution < -0.4 is 10.9 Å². The standard InChI is InChI=1S/C22H23N5O3S/c1-5-13(3)24-16(28)10-27-11-23-21-17(22(27)29)14(4)18(31-21)20-25-19(26-30-20)15-8-6-7-12(2)9-15/h6-9,11,13H,5,10H2,1-4H3,(H,24,28). The average molecular weight is 438 g/mol. The number of nitrogens with zero attached hydrogens (tertiary/aromatic N) is 4. The zero-order valence-electron chi connectivity index (χ0n) is 17.8. The Kier molecular flexibility index (Phi) is 5.69. The van der Waals surface area contributed by atoms with E-state index in [1.54, 1.807) is 0 Å². The van der Waals surface area contributed by atoms with Crippen molar-refractivity contribution in [3.05, 3.63) is 52.1 Å². The minimum absolute atomic E-state index is 0.0505. The number of carbonyl (C=O) groups excluding carboxylic acids is 1. The molecular formula is C22H23N5O3S. The van der Waals surface area contributed by atoms with Gasteiger partial charge in [-0.15, -0.1) is 11.3 Å². The van der Waals surface area contributed by atoms with Crippen LogP contribution in [0.2, 0.25) is 0 Å². The fourth-order valence-electron chi connectivity index (χ4n) is 3.27. The van der Waals surface area contributed by atoms with Crippen LogP contribution in [-0.4, -0.2) is 31.6 Å². The maximum absolute atomic E-state index is 13.0.